The third-order valence-electron chi connectivity index (χ3n) is 3.36. The molecule has 15 heavy (non-hydrogen) atoms. The molecule has 0 aromatic carbocycles. The SMILES string of the molecule is CCOC1CC1C(=O)N1CCCC1CN. The molecule has 4 nitrogen and oxygen atoms in total. The molecule has 0 aromatic rings. The van der Waals surface area contributed by atoms with Gasteiger partial charge in [-0.2, -0.15) is 0 Å². The highest BCUT2D eigenvalue weighted by Crippen LogP contribution is 2.37. The van der Waals surface area contributed by atoms with Crippen molar-refractivity contribution >= 4 is 5.91 Å². The first kappa shape index (κ1) is 10.9. The molecular formula is C11H20N2O2. The molecule has 2 N–H and O–H groups in total. The molecule has 2 fully saturated rings. The fourth-order valence-electron chi connectivity index (χ4n) is 2.41. The molecule has 3 unspecified atom stereocenters. The number of nitrogens with zero attached hydrogens (tertiary/aromatic N) is 1. The molecule has 3 atom stereocenters. The predicted octanol–water partition coefficient (Wildman–Crippen LogP) is 0.361. The van der Waals surface area contributed by atoms with Crippen molar-refractivity contribution in [2.24, 2.45) is 11.7 Å². The van der Waals surface area contributed by atoms with Crippen LogP contribution in [-0.2, 0) is 9.53 Å². The average molecular weight is 212 g/mol. The topological polar surface area (TPSA) is 55.6 Å². The molecule has 4 heteroatoms. The van der Waals surface area contributed by atoms with Gasteiger partial charge in [0, 0.05) is 25.7 Å². The largest absolute Gasteiger partial charge is 0.378 e. The van der Waals surface area contributed by atoms with E-state index in [9.17, 15) is 4.79 Å². The van der Waals surface area contributed by atoms with E-state index in [1.807, 2.05) is 11.8 Å². The Labute approximate surface area is 90.8 Å². The number of rotatable bonds is 4. The van der Waals surface area contributed by atoms with Crippen molar-refractivity contribution in [1.29, 1.82) is 0 Å². The van der Waals surface area contributed by atoms with Gasteiger partial charge in [0.1, 0.15) is 0 Å². The number of hydrogen-bond donors (Lipinski definition) is 1. The van der Waals surface area contributed by atoms with Crippen LogP contribution in [0.2, 0.25) is 0 Å². The van der Waals surface area contributed by atoms with E-state index in [-0.39, 0.29) is 24.0 Å². The maximum atomic E-state index is 12.1. The fraction of sp³-hybridized carbons (Fsp3) is 0.909. The van der Waals surface area contributed by atoms with Crippen molar-refractivity contribution in [3.63, 3.8) is 0 Å². The number of likely N-dealkylation sites (tertiary alicyclic amines) is 1. The van der Waals surface area contributed by atoms with E-state index in [1.165, 1.54) is 0 Å². The predicted molar refractivity (Wildman–Crippen MR) is 57.3 cm³/mol. The second-order valence-corrected chi connectivity index (χ2v) is 4.40. The van der Waals surface area contributed by atoms with Crippen LogP contribution in [0.25, 0.3) is 0 Å². The normalized spacial score (nSPS) is 34.5. The Morgan fingerprint density at radius 1 is 1.60 bits per heavy atom. The van der Waals surface area contributed by atoms with Crippen LogP contribution in [0.3, 0.4) is 0 Å². The van der Waals surface area contributed by atoms with Gasteiger partial charge in [-0.3, -0.25) is 4.79 Å². The minimum atomic E-state index is 0.122. The maximum Gasteiger partial charge on any atom is 0.228 e. The van der Waals surface area contributed by atoms with Crippen molar-refractivity contribution in [2.45, 2.75) is 38.3 Å². The first-order chi connectivity index (χ1) is 7.27. The molecule has 0 aromatic heterocycles. The van der Waals surface area contributed by atoms with Gasteiger partial charge in [-0.05, 0) is 26.2 Å². The maximum absolute atomic E-state index is 12.1. The van der Waals surface area contributed by atoms with E-state index in [0.717, 1.165) is 25.8 Å². The van der Waals surface area contributed by atoms with Crippen LogP contribution in [0.4, 0.5) is 0 Å². The molecule has 0 bridgehead atoms. The number of amides is 1. The summed E-state index contributed by atoms with van der Waals surface area (Å²) in [6.07, 6.45) is 3.25. The van der Waals surface area contributed by atoms with Gasteiger partial charge in [0.15, 0.2) is 0 Å². The minimum absolute atomic E-state index is 0.122. The summed E-state index contributed by atoms with van der Waals surface area (Å²) < 4.78 is 5.44. The average Bonchev–Trinajstić information content (AvgIpc) is 2.84. The summed E-state index contributed by atoms with van der Waals surface area (Å²) in [5, 5.41) is 0. The Bertz CT molecular complexity index is 245. The Morgan fingerprint density at radius 3 is 3.07 bits per heavy atom. The van der Waals surface area contributed by atoms with Gasteiger partial charge in [0.05, 0.1) is 12.0 Å². The first-order valence-electron chi connectivity index (χ1n) is 5.90. The highest BCUT2D eigenvalue weighted by atomic mass is 16.5. The highest BCUT2D eigenvalue weighted by Gasteiger charge is 2.47. The lowest BCUT2D eigenvalue weighted by molar-refractivity contribution is -0.134. The lowest BCUT2D eigenvalue weighted by Gasteiger charge is -2.23. The molecule has 0 spiro atoms. The van der Waals surface area contributed by atoms with Crippen LogP contribution in [-0.4, -0.2) is 42.6 Å². The molecule has 86 valence electrons. The first-order valence-corrected chi connectivity index (χ1v) is 5.90. The van der Waals surface area contributed by atoms with E-state index >= 15 is 0 Å². The second kappa shape index (κ2) is 4.49. The van der Waals surface area contributed by atoms with Crippen LogP contribution in [0, 0.1) is 5.92 Å². The fourth-order valence-corrected chi connectivity index (χ4v) is 2.41. The van der Waals surface area contributed by atoms with E-state index in [2.05, 4.69) is 0 Å². The van der Waals surface area contributed by atoms with Gasteiger partial charge in [0.25, 0.3) is 0 Å². The van der Waals surface area contributed by atoms with Gasteiger partial charge in [-0.1, -0.05) is 0 Å². The summed E-state index contributed by atoms with van der Waals surface area (Å²) in [5.41, 5.74) is 5.65. The number of carbonyl (C=O) groups is 1. The smallest absolute Gasteiger partial charge is 0.228 e. The number of hydrogen-bond acceptors (Lipinski definition) is 3. The third kappa shape index (κ3) is 2.16. The van der Waals surface area contributed by atoms with Crippen LogP contribution in [0.5, 0.6) is 0 Å². The zero-order valence-electron chi connectivity index (χ0n) is 9.32. The molecule has 2 rings (SSSR count). The van der Waals surface area contributed by atoms with E-state index in [1.54, 1.807) is 0 Å². The van der Waals surface area contributed by atoms with E-state index in [4.69, 9.17) is 10.5 Å². The minimum Gasteiger partial charge on any atom is -0.378 e. The second-order valence-electron chi connectivity index (χ2n) is 4.40. The summed E-state index contributed by atoms with van der Waals surface area (Å²) in [4.78, 5) is 14.0. The van der Waals surface area contributed by atoms with Gasteiger partial charge < -0.3 is 15.4 Å². The van der Waals surface area contributed by atoms with Gasteiger partial charge >= 0.3 is 0 Å². The Kier molecular flexibility index (Phi) is 3.26. The summed E-state index contributed by atoms with van der Waals surface area (Å²) in [6.45, 7) is 4.15. The summed E-state index contributed by atoms with van der Waals surface area (Å²) >= 11 is 0. The third-order valence-corrected chi connectivity index (χ3v) is 3.36. The summed E-state index contributed by atoms with van der Waals surface area (Å²) in [5.74, 6) is 0.388. The Morgan fingerprint density at radius 2 is 2.40 bits per heavy atom. The number of nitrogens with two attached hydrogens (primary N) is 1. The van der Waals surface area contributed by atoms with Crippen LogP contribution in [0.1, 0.15) is 26.2 Å². The highest BCUT2D eigenvalue weighted by molar-refractivity contribution is 5.82. The van der Waals surface area contributed by atoms with Crippen molar-refractivity contribution in [3.8, 4) is 0 Å². The lowest BCUT2D eigenvalue weighted by Crippen LogP contribution is -2.41. The molecule has 1 aliphatic carbocycles. The van der Waals surface area contributed by atoms with Gasteiger partial charge in [-0.25, -0.2) is 0 Å². The zero-order valence-corrected chi connectivity index (χ0v) is 9.32. The van der Waals surface area contributed by atoms with E-state index < -0.39 is 0 Å². The zero-order chi connectivity index (χ0) is 10.8. The Balaban J connectivity index is 1.86. The quantitative estimate of drug-likeness (QED) is 0.732. The van der Waals surface area contributed by atoms with Crippen molar-refractivity contribution in [1.82, 2.24) is 4.90 Å². The van der Waals surface area contributed by atoms with Gasteiger partial charge in [-0.15, -0.1) is 0 Å². The Hall–Kier alpha value is -0.610. The van der Waals surface area contributed by atoms with Crippen LogP contribution in [0.15, 0.2) is 0 Å². The van der Waals surface area contributed by atoms with Crippen molar-refractivity contribution < 1.29 is 9.53 Å². The van der Waals surface area contributed by atoms with Crippen LogP contribution >= 0.6 is 0 Å². The monoisotopic (exact) mass is 212 g/mol. The standard InChI is InChI=1S/C11H20N2O2/c1-2-15-10-6-9(10)11(14)13-5-3-4-8(13)7-12/h8-10H,2-7,12H2,1H3. The number of ether oxygens (including phenoxy) is 1. The molecule has 1 aliphatic heterocycles. The molecule has 1 heterocycles. The van der Waals surface area contributed by atoms with Crippen LogP contribution < -0.4 is 5.73 Å². The summed E-state index contributed by atoms with van der Waals surface area (Å²) in [7, 11) is 0. The van der Waals surface area contributed by atoms with E-state index in [0.29, 0.717) is 13.2 Å². The van der Waals surface area contributed by atoms with Crippen molar-refractivity contribution in [3.05, 3.63) is 0 Å². The molecule has 1 saturated carbocycles. The van der Waals surface area contributed by atoms with Gasteiger partial charge in [0.2, 0.25) is 5.91 Å². The molecular weight excluding hydrogens is 192 g/mol. The molecule has 1 amide bonds. The molecule has 1 saturated heterocycles. The summed E-state index contributed by atoms with van der Waals surface area (Å²) in [6, 6.07) is 0.278. The molecule has 2 aliphatic rings. The van der Waals surface area contributed by atoms with Crippen molar-refractivity contribution in [2.75, 3.05) is 19.7 Å². The molecule has 0 radical (unpaired) electrons. The number of carbonyl (C=O) groups excluding carboxylic acids is 1. The lowest BCUT2D eigenvalue weighted by atomic mass is 10.2.